The Morgan fingerprint density at radius 3 is 2.42 bits per heavy atom. The molecule has 1 amide bonds. The van der Waals surface area contributed by atoms with Crippen LogP contribution in [0, 0.1) is 6.92 Å². The van der Waals surface area contributed by atoms with Gasteiger partial charge in [-0.05, 0) is 45.2 Å². The third kappa shape index (κ3) is 5.85. The maximum absolute atomic E-state index is 12.1. The average Bonchev–Trinajstić information content (AvgIpc) is 2.87. The molecule has 0 N–H and O–H groups in total. The van der Waals surface area contributed by atoms with Gasteiger partial charge in [-0.15, -0.1) is 0 Å². The van der Waals surface area contributed by atoms with Gasteiger partial charge in [0.1, 0.15) is 11.4 Å². The topological polar surface area (TPSA) is 48.9 Å². The summed E-state index contributed by atoms with van der Waals surface area (Å²) in [5, 5.41) is 0. The highest BCUT2D eigenvalue weighted by molar-refractivity contribution is 5.77. The molecule has 2 aromatic rings. The zero-order chi connectivity index (χ0) is 23.8. The highest BCUT2D eigenvalue weighted by Gasteiger charge is 2.33. The second-order valence-electron chi connectivity index (χ2n) is 8.65. The molecule has 2 fully saturated rings. The Hall–Kier alpha value is -2.60. The number of amides is 1. The second-order valence-corrected chi connectivity index (χ2v) is 8.65. The molecule has 1 aromatic heterocycles. The van der Waals surface area contributed by atoms with Crippen molar-refractivity contribution in [3.05, 3.63) is 48.3 Å². The van der Waals surface area contributed by atoms with Crippen LogP contribution in [0.15, 0.2) is 42.7 Å². The number of hydrogen-bond donors (Lipinski definition) is 0. The lowest BCUT2D eigenvalue weighted by Crippen LogP contribution is -2.53. The number of likely N-dealkylation sites (tertiary alicyclic amines) is 2. The average molecular weight is 453 g/mol. The van der Waals surface area contributed by atoms with E-state index in [1.165, 1.54) is 11.3 Å². The van der Waals surface area contributed by atoms with Gasteiger partial charge in [0.15, 0.2) is 0 Å². The van der Waals surface area contributed by atoms with E-state index in [2.05, 4.69) is 52.9 Å². The molecule has 6 nitrogen and oxygen atoms in total. The highest BCUT2D eigenvalue weighted by Crippen LogP contribution is 2.37. The summed E-state index contributed by atoms with van der Waals surface area (Å²) in [5.41, 5.74) is 3.45. The van der Waals surface area contributed by atoms with Crippen molar-refractivity contribution in [2.24, 2.45) is 0 Å². The minimum atomic E-state index is 0.308. The number of aryl methyl sites for hydroxylation is 1. The van der Waals surface area contributed by atoms with E-state index in [0.29, 0.717) is 24.4 Å². The molecule has 2 aliphatic rings. The summed E-state index contributed by atoms with van der Waals surface area (Å²) in [6.07, 6.45) is 7.50. The van der Waals surface area contributed by atoms with Gasteiger partial charge in [-0.3, -0.25) is 14.7 Å². The van der Waals surface area contributed by atoms with E-state index in [1.807, 2.05) is 31.0 Å². The Morgan fingerprint density at radius 2 is 1.79 bits per heavy atom. The lowest BCUT2D eigenvalue weighted by molar-refractivity contribution is -0.135. The van der Waals surface area contributed by atoms with Crippen LogP contribution in [0.4, 0.5) is 11.4 Å². The Morgan fingerprint density at radius 1 is 1.09 bits per heavy atom. The van der Waals surface area contributed by atoms with Crippen molar-refractivity contribution in [1.82, 2.24) is 14.8 Å². The van der Waals surface area contributed by atoms with Crippen LogP contribution >= 0.6 is 0 Å². The number of carbonyl (C=O) groups excluding carboxylic acids is 1. The van der Waals surface area contributed by atoms with Gasteiger partial charge >= 0.3 is 0 Å². The number of benzene rings is 1. The monoisotopic (exact) mass is 452 g/mol. The predicted molar refractivity (Wildman–Crippen MR) is 135 cm³/mol. The van der Waals surface area contributed by atoms with Crippen LogP contribution in [0.25, 0.3) is 0 Å². The van der Waals surface area contributed by atoms with Gasteiger partial charge in [0.05, 0.1) is 13.3 Å². The minimum absolute atomic E-state index is 0.308. The predicted octanol–water partition coefficient (Wildman–Crippen LogP) is 5.04. The van der Waals surface area contributed by atoms with E-state index in [1.54, 1.807) is 13.3 Å². The standard InChI is InChI=1S/C25H34N4O2.C2H6/c1-4-27-18-22(9-10-25(27)30)28-15-12-21(13-16-28)29(20-7-5-19(2)6-8-20)23-17-26-14-11-24(23)31-3;1-2/h5-8,11,14,17,21-22H,4,9-10,12-13,15-16,18H2,1-3H3;1-2H3. The fraction of sp³-hybridized carbons (Fsp3) is 0.556. The fourth-order valence-corrected chi connectivity index (χ4v) is 4.99. The fourth-order valence-electron chi connectivity index (χ4n) is 4.99. The Balaban J connectivity index is 0.00000149. The smallest absolute Gasteiger partial charge is 0.222 e. The molecule has 1 aromatic carbocycles. The summed E-state index contributed by atoms with van der Waals surface area (Å²) in [6, 6.07) is 11.5. The van der Waals surface area contributed by atoms with Gasteiger partial charge in [-0.1, -0.05) is 31.5 Å². The molecule has 2 saturated heterocycles. The van der Waals surface area contributed by atoms with Gasteiger partial charge in [0, 0.05) is 62.6 Å². The lowest BCUT2D eigenvalue weighted by atomic mass is 9.96. The van der Waals surface area contributed by atoms with E-state index in [4.69, 9.17) is 4.74 Å². The van der Waals surface area contributed by atoms with Crippen LogP contribution in [0.1, 0.15) is 52.0 Å². The molecule has 4 rings (SSSR count). The first kappa shape index (κ1) is 25.0. The van der Waals surface area contributed by atoms with Crippen LogP contribution in [0.3, 0.4) is 0 Å². The zero-order valence-corrected chi connectivity index (χ0v) is 21.0. The number of pyridine rings is 1. The van der Waals surface area contributed by atoms with Crippen LogP contribution in [-0.2, 0) is 4.79 Å². The summed E-state index contributed by atoms with van der Waals surface area (Å²) in [5.74, 6) is 1.16. The van der Waals surface area contributed by atoms with Crippen molar-refractivity contribution in [2.75, 3.05) is 38.2 Å². The van der Waals surface area contributed by atoms with Gasteiger partial charge in [-0.2, -0.15) is 0 Å². The molecule has 33 heavy (non-hydrogen) atoms. The van der Waals surface area contributed by atoms with Crippen molar-refractivity contribution in [3.8, 4) is 5.75 Å². The maximum Gasteiger partial charge on any atom is 0.222 e. The molecule has 0 radical (unpaired) electrons. The number of likely N-dealkylation sites (N-methyl/N-ethyl adjacent to an activating group) is 1. The van der Waals surface area contributed by atoms with E-state index in [-0.39, 0.29) is 0 Å². The first-order chi connectivity index (χ1) is 16.1. The number of anilines is 2. The number of methoxy groups -OCH3 is 1. The third-order valence-corrected chi connectivity index (χ3v) is 6.79. The maximum atomic E-state index is 12.1. The molecule has 0 bridgehead atoms. The van der Waals surface area contributed by atoms with Crippen molar-refractivity contribution < 1.29 is 9.53 Å². The van der Waals surface area contributed by atoms with Crippen LogP contribution in [-0.4, -0.2) is 66.1 Å². The number of piperidine rings is 2. The molecule has 180 valence electrons. The third-order valence-electron chi connectivity index (χ3n) is 6.79. The van der Waals surface area contributed by atoms with Crippen LogP contribution < -0.4 is 9.64 Å². The summed E-state index contributed by atoms with van der Waals surface area (Å²) in [7, 11) is 1.72. The van der Waals surface area contributed by atoms with E-state index >= 15 is 0 Å². The normalized spacial score (nSPS) is 19.6. The number of ether oxygens (including phenoxy) is 1. The van der Waals surface area contributed by atoms with Crippen molar-refractivity contribution >= 4 is 17.3 Å². The first-order valence-corrected chi connectivity index (χ1v) is 12.5. The molecule has 3 heterocycles. The quantitative estimate of drug-likeness (QED) is 0.615. The van der Waals surface area contributed by atoms with Gasteiger partial charge in [-0.25, -0.2) is 0 Å². The Kier molecular flexibility index (Phi) is 9.12. The number of nitrogens with zero attached hydrogens (tertiary/aromatic N) is 4. The minimum Gasteiger partial charge on any atom is -0.494 e. The van der Waals surface area contributed by atoms with Gasteiger partial charge in [0.25, 0.3) is 0 Å². The largest absolute Gasteiger partial charge is 0.494 e. The summed E-state index contributed by atoms with van der Waals surface area (Å²) < 4.78 is 5.68. The number of carbonyl (C=O) groups is 1. The Bertz CT molecular complexity index is 878. The zero-order valence-electron chi connectivity index (χ0n) is 21.0. The molecule has 0 saturated carbocycles. The number of hydrogen-bond acceptors (Lipinski definition) is 5. The highest BCUT2D eigenvalue weighted by atomic mass is 16.5. The molecular weight excluding hydrogens is 412 g/mol. The lowest BCUT2D eigenvalue weighted by Gasteiger charge is -2.44. The van der Waals surface area contributed by atoms with E-state index in [9.17, 15) is 4.79 Å². The SMILES string of the molecule is CC.CCN1CC(N2CCC(N(c3ccc(C)cc3)c3cnccc3OC)CC2)CCC1=O. The van der Waals surface area contributed by atoms with Gasteiger partial charge in [0.2, 0.25) is 5.91 Å². The van der Waals surface area contributed by atoms with E-state index in [0.717, 1.165) is 56.9 Å². The second kappa shape index (κ2) is 12.0. The number of rotatable bonds is 6. The van der Waals surface area contributed by atoms with Crippen LogP contribution in [0.2, 0.25) is 0 Å². The molecule has 2 aliphatic heterocycles. The molecule has 6 heteroatoms. The van der Waals surface area contributed by atoms with E-state index < -0.39 is 0 Å². The molecule has 0 aliphatic carbocycles. The molecule has 1 unspecified atom stereocenters. The van der Waals surface area contributed by atoms with Crippen molar-refractivity contribution in [1.29, 1.82) is 0 Å². The number of aromatic nitrogens is 1. The summed E-state index contributed by atoms with van der Waals surface area (Å²) in [4.78, 5) is 23.5. The molecular formula is C27H40N4O2. The first-order valence-electron chi connectivity index (χ1n) is 12.5. The van der Waals surface area contributed by atoms with Crippen molar-refractivity contribution in [2.45, 2.75) is 65.5 Å². The summed E-state index contributed by atoms with van der Waals surface area (Å²) in [6.45, 7) is 12.0. The Labute approximate surface area is 199 Å². The summed E-state index contributed by atoms with van der Waals surface area (Å²) >= 11 is 0. The van der Waals surface area contributed by atoms with Crippen molar-refractivity contribution in [3.63, 3.8) is 0 Å². The van der Waals surface area contributed by atoms with Gasteiger partial charge < -0.3 is 14.5 Å². The molecule has 0 spiro atoms. The van der Waals surface area contributed by atoms with Crippen LogP contribution in [0.5, 0.6) is 5.75 Å². The molecule has 1 atom stereocenters.